The van der Waals surface area contributed by atoms with Gasteiger partial charge in [-0.2, -0.15) is 13.7 Å². The monoisotopic (exact) mass is 348 g/mol. The predicted molar refractivity (Wildman–Crippen MR) is 93.0 cm³/mol. The molecule has 1 aliphatic heterocycles. The van der Waals surface area contributed by atoms with Crippen LogP contribution in [0.3, 0.4) is 0 Å². The molecule has 2 rings (SSSR count). The van der Waals surface area contributed by atoms with Crippen LogP contribution in [0.25, 0.3) is 5.57 Å². The maximum atomic E-state index is 11.6. The van der Waals surface area contributed by atoms with Crippen LogP contribution in [0.1, 0.15) is 24.5 Å². The van der Waals surface area contributed by atoms with Crippen molar-refractivity contribution in [3.05, 3.63) is 52.4 Å². The maximum absolute atomic E-state index is 11.6. The predicted octanol–water partition coefficient (Wildman–Crippen LogP) is 3.60. The molecule has 0 saturated heterocycles. The number of thioether (sulfide) groups is 1. The average molecular weight is 348 g/mol. The number of oxime groups is 1. The number of hydrogen-bond acceptors (Lipinski definition) is 6. The molecule has 23 heavy (non-hydrogen) atoms. The number of allylic oxidation sites excluding steroid dienone is 2. The lowest BCUT2D eigenvalue weighted by Gasteiger charge is -2.07. The highest BCUT2D eigenvalue weighted by Gasteiger charge is 2.20. The summed E-state index contributed by atoms with van der Waals surface area (Å²) >= 11 is 1.22. The number of hydrogen-bond donors (Lipinski definition) is 0. The first kappa shape index (κ1) is 17.3. The summed E-state index contributed by atoms with van der Waals surface area (Å²) in [5, 5.41) is 15.4. The summed E-state index contributed by atoms with van der Waals surface area (Å²) in [6, 6.07) is 9.70. The summed E-state index contributed by atoms with van der Waals surface area (Å²) in [6.45, 7) is 3.66. The molecule has 0 radical (unpaired) electrons. The van der Waals surface area contributed by atoms with E-state index in [2.05, 4.69) is 11.2 Å². The van der Waals surface area contributed by atoms with Crippen molar-refractivity contribution in [3.8, 4) is 6.07 Å². The zero-order valence-electron chi connectivity index (χ0n) is 12.8. The van der Waals surface area contributed by atoms with Crippen molar-refractivity contribution in [2.45, 2.75) is 20.3 Å². The average Bonchev–Trinajstić information content (AvgIpc) is 2.96. The van der Waals surface area contributed by atoms with Crippen LogP contribution >= 0.6 is 11.8 Å². The lowest BCUT2D eigenvalue weighted by Crippen LogP contribution is -2.08. The van der Waals surface area contributed by atoms with Crippen molar-refractivity contribution in [1.29, 1.82) is 5.26 Å². The molecule has 0 N–H and O–H groups in total. The Hall–Kier alpha value is -2.04. The van der Waals surface area contributed by atoms with Crippen molar-refractivity contribution in [3.63, 3.8) is 0 Å². The Balaban J connectivity index is 2.42. The molecule has 120 valence electrons. The SMILES string of the molecule is CCCS(=O)(=O)O/N=C1\SC=C\C1=C(/C#N)c1ccccc1C. The Morgan fingerprint density at radius 3 is 2.78 bits per heavy atom. The van der Waals surface area contributed by atoms with E-state index in [-0.39, 0.29) is 5.75 Å². The van der Waals surface area contributed by atoms with Crippen molar-refractivity contribution in [1.82, 2.24) is 0 Å². The third-order valence-electron chi connectivity index (χ3n) is 3.13. The molecule has 0 amide bonds. The fraction of sp³-hybridized carbons (Fsp3) is 0.250. The summed E-state index contributed by atoms with van der Waals surface area (Å²) < 4.78 is 27.9. The quantitative estimate of drug-likeness (QED) is 0.600. The highest BCUT2D eigenvalue weighted by atomic mass is 32.2. The molecule has 0 bridgehead atoms. The van der Waals surface area contributed by atoms with Crippen LogP contribution in [0.2, 0.25) is 0 Å². The summed E-state index contributed by atoms with van der Waals surface area (Å²) in [4.78, 5) is 0. The van der Waals surface area contributed by atoms with Crippen molar-refractivity contribution < 1.29 is 12.7 Å². The van der Waals surface area contributed by atoms with Gasteiger partial charge >= 0.3 is 10.1 Å². The van der Waals surface area contributed by atoms with Crippen LogP contribution < -0.4 is 0 Å². The molecular weight excluding hydrogens is 332 g/mol. The molecule has 1 heterocycles. The number of benzene rings is 1. The number of nitriles is 1. The van der Waals surface area contributed by atoms with Gasteiger partial charge in [-0.15, -0.1) is 0 Å². The first-order valence-corrected chi connectivity index (χ1v) is 9.47. The van der Waals surface area contributed by atoms with Gasteiger partial charge in [-0.05, 0) is 36.0 Å². The van der Waals surface area contributed by atoms with E-state index in [4.69, 9.17) is 4.28 Å². The van der Waals surface area contributed by atoms with E-state index in [1.807, 2.05) is 31.2 Å². The van der Waals surface area contributed by atoms with Gasteiger partial charge in [-0.1, -0.05) is 48.1 Å². The van der Waals surface area contributed by atoms with Crippen LogP contribution in [0.4, 0.5) is 0 Å². The van der Waals surface area contributed by atoms with Crippen molar-refractivity contribution >= 4 is 32.5 Å². The van der Waals surface area contributed by atoms with Gasteiger partial charge in [0.1, 0.15) is 11.1 Å². The van der Waals surface area contributed by atoms with Crippen LogP contribution in [0.15, 0.2) is 46.5 Å². The number of nitrogens with zero attached hydrogens (tertiary/aromatic N) is 2. The zero-order chi connectivity index (χ0) is 16.9. The molecule has 0 unspecified atom stereocenters. The highest BCUT2D eigenvalue weighted by Crippen LogP contribution is 2.32. The smallest absolute Gasteiger partial charge is 0.267 e. The van der Waals surface area contributed by atoms with Gasteiger partial charge in [0.25, 0.3) is 0 Å². The summed E-state index contributed by atoms with van der Waals surface area (Å²) in [7, 11) is -3.68. The standard InChI is InChI=1S/C16H16N2O3S2/c1-3-10-23(19,20)21-18-16-14(8-9-22-16)15(11-17)13-7-5-4-6-12(13)2/h4-9H,3,10H2,1-2H3/b15-14-,18-16-. The maximum Gasteiger partial charge on any atom is 0.328 e. The van der Waals surface area contributed by atoms with Gasteiger partial charge in [-0.3, -0.25) is 4.28 Å². The van der Waals surface area contributed by atoms with E-state index in [0.29, 0.717) is 22.6 Å². The second-order valence-electron chi connectivity index (χ2n) is 4.87. The molecule has 5 nitrogen and oxygen atoms in total. The molecule has 1 aromatic rings. The van der Waals surface area contributed by atoms with Crippen LogP contribution in [-0.2, 0) is 14.4 Å². The zero-order valence-corrected chi connectivity index (χ0v) is 14.4. The Morgan fingerprint density at radius 1 is 1.39 bits per heavy atom. The molecule has 0 spiro atoms. The van der Waals surface area contributed by atoms with Crippen LogP contribution in [-0.4, -0.2) is 19.2 Å². The molecule has 7 heteroatoms. The molecule has 0 aliphatic carbocycles. The Morgan fingerprint density at radius 2 is 2.13 bits per heavy atom. The van der Waals surface area contributed by atoms with Gasteiger partial charge in [0.2, 0.25) is 0 Å². The third kappa shape index (κ3) is 4.24. The third-order valence-corrected chi connectivity index (χ3v) is 5.13. The van der Waals surface area contributed by atoms with E-state index in [0.717, 1.165) is 11.1 Å². The van der Waals surface area contributed by atoms with Crippen LogP contribution in [0.5, 0.6) is 0 Å². The van der Waals surface area contributed by atoms with Crippen LogP contribution in [0, 0.1) is 18.3 Å². The Bertz CT molecular complexity index is 831. The normalized spacial score (nSPS) is 18.0. The van der Waals surface area contributed by atoms with Gasteiger partial charge in [0.05, 0.1) is 11.3 Å². The van der Waals surface area contributed by atoms with Crippen molar-refractivity contribution in [2.24, 2.45) is 5.16 Å². The van der Waals surface area contributed by atoms with E-state index in [9.17, 15) is 13.7 Å². The van der Waals surface area contributed by atoms with Crippen molar-refractivity contribution in [2.75, 3.05) is 5.75 Å². The Labute approximate surface area is 140 Å². The summed E-state index contributed by atoms with van der Waals surface area (Å²) in [5.74, 6) is -0.0934. The highest BCUT2D eigenvalue weighted by molar-refractivity contribution is 8.17. The first-order chi connectivity index (χ1) is 11.0. The first-order valence-electron chi connectivity index (χ1n) is 7.01. The minimum absolute atomic E-state index is 0.0934. The van der Waals surface area contributed by atoms with Gasteiger partial charge < -0.3 is 0 Å². The summed E-state index contributed by atoms with van der Waals surface area (Å²) in [6.07, 6.45) is 2.19. The molecule has 0 saturated carbocycles. The molecule has 1 aliphatic rings. The fourth-order valence-corrected chi connectivity index (χ4v) is 3.58. The van der Waals surface area contributed by atoms with E-state index >= 15 is 0 Å². The second-order valence-corrected chi connectivity index (χ2v) is 7.44. The molecule has 0 aromatic heterocycles. The molecule has 1 aromatic carbocycles. The summed E-state index contributed by atoms with van der Waals surface area (Å²) in [5.41, 5.74) is 2.76. The van der Waals surface area contributed by atoms with E-state index in [1.54, 1.807) is 18.4 Å². The van der Waals surface area contributed by atoms with E-state index in [1.165, 1.54) is 11.8 Å². The van der Waals surface area contributed by atoms with Gasteiger partial charge in [0, 0.05) is 5.57 Å². The molecule has 0 fully saturated rings. The Kier molecular flexibility index (Phi) is 5.64. The van der Waals surface area contributed by atoms with Gasteiger partial charge in [0.15, 0.2) is 0 Å². The second kappa shape index (κ2) is 7.49. The number of aryl methyl sites for hydroxylation is 1. The lowest BCUT2D eigenvalue weighted by atomic mass is 9.97. The minimum atomic E-state index is -3.68. The minimum Gasteiger partial charge on any atom is -0.267 e. The lowest BCUT2D eigenvalue weighted by molar-refractivity contribution is 0.340. The largest absolute Gasteiger partial charge is 0.328 e. The topological polar surface area (TPSA) is 79.5 Å². The van der Waals surface area contributed by atoms with E-state index < -0.39 is 10.1 Å². The number of rotatable bonds is 5. The molecule has 0 atom stereocenters. The molecular formula is C16H16N2O3S2. The fourth-order valence-electron chi connectivity index (χ4n) is 2.06. The van der Waals surface area contributed by atoms with Gasteiger partial charge in [-0.25, -0.2) is 0 Å².